The third kappa shape index (κ3) is 6.20. The number of ether oxygens (including phenoxy) is 1. The van der Waals surface area contributed by atoms with E-state index in [4.69, 9.17) is 10.5 Å². The number of aromatic nitrogens is 6. The number of nitrogens with zero attached hydrogens (tertiary/aromatic N) is 7. The zero-order chi connectivity index (χ0) is 33.6. The van der Waals surface area contributed by atoms with Gasteiger partial charge in [0, 0.05) is 42.8 Å². The van der Waals surface area contributed by atoms with Crippen LogP contribution in [0, 0.1) is 12.3 Å². The largest absolute Gasteiger partial charge is 0.480 e. The second-order valence-electron chi connectivity index (χ2n) is 12.4. The van der Waals surface area contributed by atoms with Crippen LogP contribution >= 0.6 is 0 Å². The lowest BCUT2D eigenvalue weighted by Gasteiger charge is -2.39. The van der Waals surface area contributed by atoms with Gasteiger partial charge in [0.2, 0.25) is 17.9 Å². The molecule has 0 radical (unpaired) electrons. The molecule has 0 aliphatic carbocycles. The SMILES string of the molecule is Cc1ccn(-c2cc(-c3ccc4nnccc4c3)ccc2C(Oc2cc(N3CCC4(CC3)CN[C@H](C(=O)O)C4)nc(N)n2)C(F)(F)F)n1. The summed E-state index contributed by atoms with van der Waals surface area (Å²) < 4.78 is 51.8. The number of halogens is 3. The lowest BCUT2D eigenvalue weighted by molar-refractivity contribution is -0.198. The van der Waals surface area contributed by atoms with Crippen LogP contribution in [0.3, 0.4) is 0 Å². The first-order valence-electron chi connectivity index (χ1n) is 15.4. The number of anilines is 2. The number of rotatable bonds is 7. The van der Waals surface area contributed by atoms with Crippen LogP contribution in [0.4, 0.5) is 24.9 Å². The molecule has 248 valence electrons. The predicted octanol–water partition coefficient (Wildman–Crippen LogP) is 4.88. The van der Waals surface area contributed by atoms with Gasteiger partial charge in [-0.25, -0.2) is 4.68 Å². The van der Waals surface area contributed by atoms with E-state index in [1.807, 2.05) is 29.2 Å². The molecule has 2 aliphatic rings. The number of fused-ring (bicyclic) bond motifs is 1. The van der Waals surface area contributed by atoms with Crippen LogP contribution in [-0.4, -0.2) is 72.9 Å². The van der Waals surface area contributed by atoms with Crippen LogP contribution in [0.1, 0.15) is 36.6 Å². The van der Waals surface area contributed by atoms with Crippen molar-refractivity contribution in [2.75, 3.05) is 30.3 Å². The molecule has 5 aromatic rings. The summed E-state index contributed by atoms with van der Waals surface area (Å²) in [6.45, 7) is 3.40. The maximum atomic E-state index is 14.9. The van der Waals surface area contributed by atoms with Crippen LogP contribution in [0.2, 0.25) is 0 Å². The number of aliphatic carboxylic acids is 1. The predicted molar refractivity (Wildman–Crippen MR) is 171 cm³/mol. The summed E-state index contributed by atoms with van der Waals surface area (Å²) in [4.78, 5) is 21.7. The Morgan fingerprint density at radius 1 is 1.08 bits per heavy atom. The number of nitrogens with two attached hydrogens (primary N) is 1. The van der Waals surface area contributed by atoms with Crippen molar-refractivity contribution in [3.8, 4) is 22.7 Å². The second-order valence-corrected chi connectivity index (χ2v) is 12.4. The van der Waals surface area contributed by atoms with E-state index in [1.165, 1.54) is 16.8 Å². The first kappa shape index (κ1) is 31.3. The van der Waals surface area contributed by atoms with E-state index in [-0.39, 0.29) is 28.5 Å². The van der Waals surface area contributed by atoms with Gasteiger partial charge in [0.25, 0.3) is 0 Å². The lowest BCUT2D eigenvalue weighted by atomic mass is 9.76. The number of alkyl halides is 3. The molecule has 0 saturated carbocycles. The fraction of sp³-hybridized carbons (Fsp3) is 0.333. The van der Waals surface area contributed by atoms with E-state index in [0.717, 1.165) is 10.9 Å². The quantitative estimate of drug-likeness (QED) is 0.219. The molecule has 7 rings (SSSR count). The highest BCUT2D eigenvalue weighted by atomic mass is 19.4. The smallest absolute Gasteiger partial charge is 0.429 e. The standard InChI is InChI=1S/C33H32F3N9O3/c1-19-7-11-45(43-19)26-15-21(20-3-5-24-22(14-20)6-10-39-42-24)2-4-23(26)29(33(34,35)36)48-28-16-27(40-31(37)41-28)44-12-8-32(9-13-44)17-25(30(46)47)38-18-32/h2-7,10-11,14-16,25,29,38H,8-9,12-13,17-18H2,1H3,(H,46,47)(H2,37,40,41)/t25-,29?/m0/s1. The fourth-order valence-electron chi connectivity index (χ4n) is 6.62. The minimum absolute atomic E-state index is 0.160. The Bertz CT molecular complexity index is 1990. The summed E-state index contributed by atoms with van der Waals surface area (Å²) in [6, 6.07) is 14.5. The number of benzene rings is 2. The van der Waals surface area contributed by atoms with E-state index in [2.05, 4.69) is 30.6 Å². The Morgan fingerprint density at radius 2 is 1.85 bits per heavy atom. The first-order valence-corrected chi connectivity index (χ1v) is 15.4. The summed E-state index contributed by atoms with van der Waals surface area (Å²) in [6.07, 6.45) is -2.16. The number of hydrogen-bond acceptors (Lipinski definition) is 10. The topological polar surface area (TPSA) is 157 Å². The Labute approximate surface area is 272 Å². The van der Waals surface area contributed by atoms with Gasteiger partial charge in [-0.15, -0.1) is 0 Å². The van der Waals surface area contributed by atoms with Crippen LogP contribution in [0.5, 0.6) is 5.88 Å². The molecule has 4 N–H and O–H groups in total. The van der Waals surface area contributed by atoms with Gasteiger partial charge in [-0.05, 0) is 73.1 Å². The van der Waals surface area contributed by atoms with Gasteiger partial charge in [-0.1, -0.05) is 18.2 Å². The molecule has 15 heteroatoms. The number of aryl methyl sites for hydroxylation is 1. The lowest BCUT2D eigenvalue weighted by Crippen LogP contribution is -2.41. The van der Waals surface area contributed by atoms with Gasteiger partial charge in [-0.3, -0.25) is 4.79 Å². The van der Waals surface area contributed by atoms with Crippen molar-refractivity contribution < 1.29 is 27.8 Å². The summed E-state index contributed by atoms with van der Waals surface area (Å²) in [5, 5.41) is 25.7. The molecule has 2 fully saturated rings. The number of nitrogens with one attached hydrogen (secondary N) is 1. The highest BCUT2D eigenvalue weighted by molar-refractivity contribution is 5.84. The zero-order valence-corrected chi connectivity index (χ0v) is 25.9. The van der Waals surface area contributed by atoms with Crippen LogP contribution in [0.25, 0.3) is 27.7 Å². The molecule has 1 spiro atoms. The number of nitrogen functional groups attached to an aromatic ring is 1. The Kier molecular flexibility index (Phi) is 7.86. The van der Waals surface area contributed by atoms with Gasteiger partial charge in [0.05, 0.1) is 23.1 Å². The van der Waals surface area contributed by atoms with Crippen molar-refractivity contribution in [1.29, 1.82) is 0 Å². The summed E-state index contributed by atoms with van der Waals surface area (Å²) >= 11 is 0. The van der Waals surface area contributed by atoms with Gasteiger partial charge < -0.3 is 25.8 Å². The fourth-order valence-corrected chi connectivity index (χ4v) is 6.62. The van der Waals surface area contributed by atoms with E-state index >= 15 is 0 Å². The van der Waals surface area contributed by atoms with Crippen molar-refractivity contribution in [3.05, 3.63) is 78.2 Å². The molecular formula is C33H32F3N9O3. The molecule has 3 aromatic heterocycles. The van der Waals surface area contributed by atoms with Crippen LogP contribution < -0.4 is 20.7 Å². The molecular weight excluding hydrogens is 627 g/mol. The first-order chi connectivity index (χ1) is 23.0. The molecule has 0 amide bonds. The maximum absolute atomic E-state index is 14.9. The van der Waals surface area contributed by atoms with E-state index in [9.17, 15) is 23.1 Å². The van der Waals surface area contributed by atoms with E-state index < -0.39 is 24.3 Å². The molecule has 2 aliphatic heterocycles. The van der Waals surface area contributed by atoms with E-state index in [0.29, 0.717) is 61.5 Å². The Morgan fingerprint density at radius 3 is 2.56 bits per heavy atom. The van der Waals surface area contributed by atoms with Crippen LogP contribution in [0.15, 0.2) is 67.0 Å². The molecule has 2 aromatic carbocycles. The molecule has 1 unspecified atom stereocenters. The summed E-state index contributed by atoms with van der Waals surface area (Å²) in [7, 11) is 0. The molecule has 5 heterocycles. The molecule has 48 heavy (non-hydrogen) atoms. The van der Waals surface area contributed by atoms with Gasteiger partial charge in [0.1, 0.15) is 11.9 Å². The van der Waals surface area contributed by atoms with Crippen molar-refractivity contribution in [1.82, 2.24) is 35.3 Å². The van der Waals surface area contributed by atoms with Gasteiger partial charge >= 0.3 is 12.1 Å². The highest BCUT2D eigenvalue weighted by Crippen LogP contribution is 2.43. The molecule has 12 nitrogen and oxygen atoms in total. The summed E-state index contributed by atoms with van der Waals surface area (Å²) in [5.41, 5.74) is 8.63. The second kappa shape index (κ2) is 12.0. The monoisotopic (exact) mass is 659 g/mol. The van der Waals surface area contributed by atoms with Crippen molar-refractivity contribution in [3.63, 3.8) is 0 Å². The highest BCUT2D eigenvalue weighted by Gasteiger charge is 2.46. The minimum atomic E-state index is -4.84. The van der Waals surface area contributed by atoms with Crippen molar-refractivity contribution in [2.24, 2.45) is 5.41 Å². The van der Waals surface area contributed by atoms with Crippen molar-refractivity contribution >= 4 is 28.6 Å². The number of hydrogen-bond donors (Lipinski definition) is 3. The van der Waals surface area contributed by atoms with E-state index in [1.54, 1.807) is 37.5 Å². The Hall–Kier alpha value is -5.31. The minimum Gasteiger partial charge on any atom is -0.480 e. The number of carboxylic acids is 1. The third-order valence-corrected chi connectivity index (χ3v) is 9.18. The maximum Gasteiger partial charge on any atom is 0.429 e. The summed E-state index contributed by atoms with van der Waals surface area (Å²) in [5.74, 6) is -1.08. The van der Waals surface area contributed by atoms with Gasteiger partial charge in [0.15, 0.2) is 0 Å². The van der Waals surface area contributed by atoms with Crippen LogP contribution in [-0.2, 0) is 4.79 Å². The normalized spacial score (nSPS) is 18.3. The molecule has 2 saturated heterocycles. The number of carboxylic acid groups (broad SMARTS) is 1. The molecule has 0 bridgehead atoms. The number of carbonyl (C=O) groups is 1. The average molecular weight is 660 g/mol. The number of piperidine rings is 1. The average Bonchev–Trinajstić information content (AvgIpc) is 3.69. The zero-order valence-electron chi connectivity index (χ0n) is 25.9. The molecule has 2 atom stereocenters. The Balaban J connectivity index is 1.20. The van der Waals surface area contributed by atoms with Gasteiger partial charge in [-0.2, -0.15) is 38.4 Å². The third-order valence-electron chi connectivity index (χ3n) is 9.18. The van der Waals surface area contributed by atoms with Crippen molar-refractivity contribution in [2.45, 2.75) is 44.5 Å².